The normalized spacial score (nSPS) is 12.4. The number of nitrogens with zero attached hydrogens (tertiary/aromatic N) is 1. The Bertz CT molecular complexity index is 1420. The van der Waals surface area contributed by atoms with Crippen LogP contribution in [0.15, 0.2) is 89.5 Å². The fourth-order valence-electron chi connectivity index (χ4n) is 3.84. The van der Waals surface area contributed by atoms with Crippen LogP contribution in [-0.4, -0.2) is 45.3 Å². The first kappa shape index (κ1) is 26.6. The summed E-state index contributed by atoms with van der Waals surface area (Å²) >= 11 is 6.03. The number of hydrogen-bond donors (Lipinski definition) is 4. The average Bonchev–Trinajstić information content (AvgIpc) is 3.38. The van der Waals surface area contributed by atoms with Crippen LogP contribution in [0.2, 0.25) is 5.02 Å². The van der Waals surface area contributed by atoms with Crippen molar-refractivity contribution in [3.63, 3.8) is 0 Å². The van der Waals surface area contributed by atoms with Crippen molar-refractivity contribution in [3.8, 4) is 11.1 Å². The largest absolute Gasteiger partial charge is 0.479 e. The van der Waals surface area contributed by atoms with Crippen molar-refractivity contribution in [1.82, 2.24) is 10.5 Å². The van der Waals surface area contributed by atoms with E-state index in [2.05, 4.69) is 15.8 Å². The van der Waals surface area contributed by atoms with E-state index < -0.39 is 29.9 Å². The summed E-state index contributed by atoms with van der Waals surface area (Å²) in [6, 6.07) is 24.4. The van der Waals surface area contributed by atoms with E-state index in [0.29, 0.717) is 0 Å². The summed E-state index contributed by atoms with van der Waals surface area (Å²) in [4.78, 5) is 36.5. The molecule has 0 aliphatic carbocycles. The number of anilines is 1. The first-order valence-electron chi connectivity index (χ1n) is 11.7. The molecule has 1 heterocycles. The fourth-order valence-corrected chi connectivity index (χ4v) is 4.06. The number of amides is 2. The molecule has 194 valence electrons. The summed E-state index contributed by atoms with van der Waals surface area (Å²) in [5.74, 6) is -2.66. The van der Waals surface area contributed by atoms with Gasteiger partial charge in [-0.2, -0.15) is 0 Å². The Kier molecular flexibility index (Phi) is 8.52. The molecule has 0 saturated carbocycles. The van der Waals surface area contributed by atoms with Crippen LogP contribution < -0.4 is 10.6 Å². The van der Waals surface area contributed by atoms with Crippen LogP contribution in [0.3, 0.4) is 0 Å². The Balaban J connectivity index is 1.44. The maximum atomic E-state index is 12.9. The number of hydrogen-bond acceptors (Lipinski definition) is 6. The second-order valence-electron chi connectivity index (χ2n) is 8.54. The van der Waals surface area contributed by atoms with E-state index in [-0.39, 0.29) is 35.0 Å². The van der Waals surface area contributed by atoms with E-state index in [1.54, 1.807) is 18.2 Å². The SMILES string of the molecule is O=C(N[C@H](Cc1ccc(-c2ccccc2)cc1)C[C@@H](O)C(=O)O)c1cc(NC(=O)c2ccccc2Cl)on1. The first-order chi connectivity index (χ1) is 18.3. The molecule has 0 saturated heterocycles. The number of carboxylic acid groups (broad SMARTS) is 1. The number of rotatable bonds is 10. The molecule has 0 aliphatic heterocycles. The number of nitrogens with one attached hydrogen (secondary N) is 2. The minimum Gasteiger partial charge on any atom is -0.479 e. The van der Waals surface area contributed by atoms with Gasteiger partial charge in [-0.1, -0.05) is 83.5 Å². The molecule has 1 aromatic heterocycles. The zero-order valence-corrected chi connectivity index (χ0v) is 20.8. The number of carbonyl (C=O) groups excluding carboxylic acids is 2. The third-order valence-corrected chi connectivity index (χ3v) is 6.10. The van der Waals surface area contributed by atoms with Gasteiger partial charge in [0.25, 0.3) is 11.8 Å². The van der Waals surface area contributed by atoms with Gasteiger partial charge in [-0.05, 0) is 35.2 Å². The molecular formula is C28H24ClN3O6. The van der Waals surface area contributed by atoms with Gasteiger partial charge in [-0.25, -0.2) is 4.79 Å². The van der Waals surface area contributed by atoms with Gasteiger partial charge in [0, 0.05) is 18.5 Å². The van der Waals surface area contributed by atoms with Crippen molar-refractivity contribution in [2.24, 2.45) is 0 Å². The number of carboxylic acids is 1. The Labute approximate surface area is 223 Å². The predicted octanol–water partition coefficient (Wildman–Crippen LogP) is 4.42. The molecule has 4 aromatic rings. The number of benzene rings is 3. The Hall–Kier alpha value is -4.47. The van der Waals surface area contributed by atoms with Gasteiger partial charge in [0.2, 0.25) is 5.88 Å². The van der Waals surface area contributed by atoms with Crippen molar-refractivity contribution in [3.05, 3.63) is 107 Å². The van der Waals surface area contributed by atoms with Crippen molar-refractivity contribution < 1.29 is 29.1 Å². The van der Waals surface area contributed by atoms with Gasteiger partial charge in [0.15, 0.2) is 11.8 Å². The summed E-state index contributed by atoms with van der Waals surface area (Å²) < 4.78 is 5.06. The van der Waals surface area contributed by atoms with Gasteiger partial charge in [-0.15, -0.1) is 0 Å². The molecule has 4 N–H and O–H groups in total. The molecule has 9 nitrogen and oxygen atoms in total. The lowest BCUT2D eigenvalue weighted by Crippen LogP contribution is -2.40. The van der Waals surface area contributed by atoms with Crippen molar-refractivity contribution in [2.75, 3.05) is 5.32 Å². The third kappa shape index (κ3) is 6.84. The molecule has 2 atom stereocenters. The molecule has 10 heteroatoms. The van der Waals surface area contributed by atoms with E-state index in [4.69, 9.17) is 16.1 Å². The number of aliphatic hydroxyl groups excluding tert-OH is 1. The van der Waals surface area contributed by atoms with Crippen LogP contribution in [0.1, 0.15) is 32.8 Å². The first-order valence-corrected chi connectivity index (χ1v) is 12.1. The topological polar surface area (TPSA) is 142 Å². The predicted molar refractivity (Wildman–Crippen MR) is 141 cm³/mol. The minimum absolute atomic E-state index is 0.0707. The highest BCUT2D eigenvalue weighted by Gasteiger charge is 2.24. The zero-order chi connectivity index (χ0) is 27.1. The molecule has 0 radical (unpaired) electrons. The van der Waals surface area contributed by atoms with Crippen LogP contribution >= 0.6 is 11.6 Å². The van der Waals surface area contributed by atoms with E-state index in [9.17, 15) is 24.6 Å². The maximum absolute atomic E-state index is 12.9. The molecule has 0 bridgehead atoms. The summed E-state index contributed by atoms with van der Waals surface area (Å²) in [7, 11) is 0. The highest BCUT2D eigenvalue weighted by molar-refractivity contribution is 6.34. The van der Waals surface area contributed by atoms with Gasteiger partial charge in [0.1, 0.15) is 0 Å². The van der Waals surface area contributed by atoms with Crippen LogP contribution in [0.4, 0.5) is 5.88 Å². The number of aliphatic carboxylic acids is 1. The Morgan fingerprint density at radius 1 is 0.895 bits per heavy atom. The lowest BCUT2D eigenvalue weighted by Gasteiger charge is -2.20. The molecule has 2 amide bonds. The third-order valence-electron chi connectivity index (χ3n) is 5.77. The van der Waals surface area contributed by atoms with Gasteiger partial charge >= 0.3 is 5.97 Å². The quantitative estimate of drug-likeness (QED) is 0.236. The molecule has 0 aliphatic rings. The monoisotopic (exact) mass is 533 g/mol. The highest BCUT2D eigenvalue weighted by atomic mass is 35.5. The lowest BCUT2D eigenvalue weighted by molar-refractivity contribution is -0.147. The van der Waals surface area contributed by atoms with Crippen molar-refractivity contribution in [1.29, 1.82) is 0 Å². The summed E-state index contributed by atoms with van der Waals surface area (Å²) in [5, 5.41) is 28.2. The van der Waals surface area contributed by atoms with Crippen LogP contribution in [0.5, 0.6) is 0 Å². The molecule has 4 rings (SSSR count). The van der Waals surface area contributed by atoms with Gasteiger partial charge in [-0.3, -0.25) is 14.9 Å². The van der Waals surface area contributed by atoms with E-state index in [0.717, 1.165) is 16.7 Å². The molecule has 0 unspecified atom stereocenters. The van der Waals surface area contributed by atoms with Crippen molar-refractivity contribution >= 4 is 35.3 Å². The number of carbonyl (C=O) groups is 3. The second-order valence-corrected chi connectivity index (χ2v) is 8.94. The van der Waals surface area contributed by atoms with E-state index in [1.807, 2.05) is 54.6 Å². The molecular weight excluding hydrogens is 510 g/mol. The second kappa shape index (κ2) is 12.2. The van der Waals surface area contributed by atoms with E-state index >= 15 is 0 Å². The maximum Gasteiger partial charge on any atom is 0.332 e. The van der Waals surface area contributed by atoms with E-state index in [1.165, 1.54) is 12.1 Å². The molecule has 0 spiro atoms. The number of aliphatic hydroxyl groups is 1. The fraction of sp³-hybridized carbons (Fsp3) is 0.143. The summed E-state index contributed by atoms with van der Waals surface area (Å²) in [5.41, 5.74) is 2.98. The highest BCUT2D eigenvalue weighted by Crippen LogP contribution is 2.21. The lowest BCUT2D eigenvalue weighted by atomic mass is 9.97. The van der Waals surface area contributed by atoms with Crippen LogP contribution in [0, 0.1) is 0 Å². The Morgan fingerprint density at radius 3 is 2.24 bits per heavy atom. The van der Waals surface area contributed by atoms with Gasteiger partial charge < -0.3 is 20.1 Å². The molecule has 3 aromatic carbocycles. The van der Waals surface area contributed by atoms with Crippen LogP contribution in [0.25, 0.3) is 11.1 Å². The number of aromatic nitrogens is 1. The smallest absolute Gasteiger partial charge is 0.332 e. The average molecular weight is 534 g/mol. The van der Waals surface area contributed by atoms with Gasteiger partial charge in [0.05, 0.1) is 10.6 Å². The minimum atomic E-state index is -1.67. The summed E-state index contributed by atoms with van der Waals surface area (Å²) in [6.07, 6.45) is -1.64. The molecule has 0 fully saturated rings. The molecule has 38 heavy (non-hydrogen) atoms. The standard InChI is InChI=1S/C28H24ClN3O6/c29-22-9-5-4-8-21(22)26(34)31-25-16-23(32-38-25)27(35)30-20(15-24(33)28(36)37)14-17-10-12-19(13-11-17)18-6-2-1-3-7-18/h1-13,16,20,24,33H,14-15H2,(H,30,35)(H,31,34)(H,36,37)/t20-,24-/m1/s1. The van der Waals surface area contributed by atoms with Crippen LogP contribution in [-0.2, 0) is 11.2 Å². The number of halogens is 1. The summed E-state index contributed by atoms with van der Waals surface area (Å²) in [6.45, 7) is 0. The Morgan fingerprint density at radius 2 is 1.55 bits per heavy atom. The zero-order valence-electron chi connectivity index (χ0n) is 20.0. The van der Waals surface area contributed by atoms with Crippen molar-refractivity contribution in [2.45, 2.75) is 25.0 Å².